The number of anilines is 1. The third kappa shape index (κ3) is 2.93. The molecule has 0 radical (unpaired) electrons. The van der Waals surface area contributed by atoms with Gasteiger partial charge in [-0.15, -0.1) is 10.2 Å². The molecule has 0 bridgehead atoms. The van der Waals surface area contributed by atoms with Crippen molar-refractivity contribution in [2.75, 3.05) is 5.32 Å². The Balaban J connectivity index is 1.70. The maximum Gasteiger partial charge on any atom is 0.243 e. The molecule has 0 spiro atoms. The van der Waals surface area contributed by atoms with Gasteiger partial charge in [0.05, 0.1) is 6.04 Å². The van der Waals surface area contributed by atoms with E-state index in [2.05, 4.69) is 20.5 Å². The van der Waals surface area contributed by atoms with Crippen LogP contribution >= 0.6 is 11.3 Å². The molecule has 2 heterocycles. The zero-order valence-corrected chi connectivity index (χ0v) is 12.3. The molecule has 0 saturated carbocycles. The third-order valence-corrected chi connectivity index (χ3v) is 3.96. The number of hydrogen-bond donors (Lipinski definition) is 3. The summed E-state index contributed by atoms with van der Waals surface area (Å²) < 4.78 is 0. The zero-order valence-electron chi connectivity index (χ0n) is 11.5. The number of aromatic amines is 1. The van der Waals surface area contributed by atoms with Crippen LogP contribution in [0.3, 0.4) is 0 Å². The minimum absolute atomic E-state index is 0.253. The van der Waals surface area contributed by atoms with Crippen molar-refractivity contribution in [3.05, 3.63) is 41.0 Å². The third-order valence-electron chi connectivity index (χ3n) is 3.21. The number of nitrogens with two attached hydrogens (primary N) is 1. The molecule has 1 amide bonds. The van der Waals surface area contributed by atoms with E-state index in [-0.39, 0.29) is 5.91 Å². The van der Waals surface area contributed by atoms with E-state index in [9.17, 15) is 4.79 Å². The number of rotatable bonds is 4. The molecule has 108 valence electrons. The molecule has 7 heteroatoms. The highest BCUT2D eigenvalue weighted by molar-refractivity contribution is 7.15. The van der Waals surface area contributed by atoms with Crippen LogP contribution in [0.2, 0.25) is 0 Å². The summed E-state index contributed by atoms with van der Waals surface area (Å²) in [5.41, 5.74) is 8.06. The molecule has 2 aromatic heterocycles. The standard InChI is InChI=1S/C14H15N5OS/c1-8-18-19-14(21-8)17-13(20)11(15)6-9-7-16-12-5-3-2-4-10(9)12/h2-5,7,11,16H,6,15H2,1H3,(H,17,19,20)/t11-/m1/s1. The Labute approximate surface area is 125 Å². The second kappa shape index (κ2) is 5.63. The first-order valence-corrected chi connectivity index (χ1v) is 7.36. The molecule has 0 fully saturated rings. The van der Waals surface area contributed by atoms with Crippen LogP contribution < -0.4 is 11.1 Å². The van der Waals surface area contributed by atoms with Gasteiger partial charge in [-0.1, -0.05) is 29.5 Å². The molecule has 0 aliphatic rings. The fourth-order valence-corrected chi connectivity index (χ4v) is 2.77. The van der Waals surface area contributed by atoms with Crippen molar-refractivity contribution in [1.29, 1.82) is 0 Å². The van der Waals surface area contributed by atoms with E-state index in [1.807, 2.05) is 37.4 Å². The van der Waals surface area contributed by atoms with E-state index >= 15 is 0 Å². The maximum absolute atomic E-state index is 12.1. The van der Waals surface area contributed by atoms with E-state index in [4.69, 9.17) is 5.73 Å². The lowest BCUT2D eigenvalue weighted by Gasteiger charge is -2.09. The number of nitrogens with zero attached hydrogens (tertiary/aromatic N) is 2. The van der Waals surface area contributed by atoms with Gasteiger partial charge >= 0.3 is 0 Å². The van der Waals surface area contributed by atoms with Crippen LogP contribution in [0.25, 0.3) is 10.9 Å². The first kappa shape index (κ1) is 13.7. The van der Waals surface area contributed by atoms with Crippen LogP contribution in [0, 0.1) is 6.92 Å². The molecule has 4 N–H and O–H groups in total. The number of hydrogen-bond acceptors (Lipinski definition) is 5. The molecule has 0 unspecified atom stereocenters. The summed E-state index contributed by atoms with van der Waals surface area (Å²) in [6.45, 7) is 1.83. The van der Waals surface area contributed by atoms with Gasteiger partial charge in [0, 0.05) is 17.1 Å². The van der Waals surface area contributed by atoms with Gasteiger partial charge in [-0.05, 0) is 25.0 Å². The fourth-order valence-electron chi connectivity index (χ4n) is 2.18. The number of carbonyl (C=O) groups excluding carboxylic acids is 1. The molecule has 1 atom stereocenters. The summed E-state index contributed by atoms with van der Waals surface area (Å²) in [4.78, 5) is 15.3. The van der Waals surface area contributed by atoms with Gasteiger partial charge in [-0.2, -0.15) is 0 Å². The lowest BCUT2D eigenvalue weighted by molar-refractivity contribution is -0.117. The summed E-state index contributed by atoms with van der Waals surface area (Å²) >= 11 is 1.33. The van der Waals surface area contributed by atoms with Crippen LogP contribution in [0.1, 0.15) is 10.6 Å². The van der Waals surface area contributed by atoms with E-state index < -0.39 is 6.04 Å². The molecule has 1 aromatic carbocycles. The van der Waals surface area contributed by atoms with Crippen molar-refractivity contribution in [3.8, 4) is 0 Å². The summed E-state index contributed by atoms with van der Waals surface area (Å²) in [6.07, 6.45) is 2.36. The van der Waals surface area contributed by atoms with Crippen molar-refractivity contribution in [2.45, 2.75) is 19.4 Å². The number of aryl methyl sites for hydroxylation is 1. The molecule has 21 heavy (non-hydrogen) atoms. The zero-order chi connectivity index (χ0) is 14.8. The Bertz CT molecular complexity index is 778. The van der Waals surface area contributed by atoms with Crippen molar-refractivity contribution in [3.63, 3.8) is 0 Å². The number of carbonyl (C=O) groups is 1. The van der Waals surface area contributed by atoms with Gasteiger partial charge in [0.25, 0.3) is 0 Å². The molecule has 0 saturated heterocycles. The predicted octanol–water partition coefficient (Wildman–Crippen LogP) is 1.84. The SMILES string of the molecule is Cc1nnc(NC(=O)[C@H](N)Cc2c[nH]c3ccccc23)s1. The lowest BCUT2D eigenvalue weighted by atomic mass is 10.1. The summed E-state index contributed by atoms with van der Waals surface area (Å²) in [7, 11) is 0. The summed E-state index contributed by atoms with van der Waals surface area (Å²) in [5.74, 6) is -0.253. The van der Waals surface area contributed by atoms with Crippen molar-refractivity contribution in [1.82, 2.24) is 15.2 Å². The Hall–Kier alpha value is -2.25. The monoisotopic (exact) mass is 301 g/mol. The number of benzene rings is 1. The van der Waals surface area contributed by atoms with Crippen LogP contribution in [0.4, 0.5) is 5.13 Å². The number of para-hydroxylation sites is 1. The molecule has 0 aliphatic heterocycles. The van der Waals surface area contributed by atoms with Gasteiger partial charge < -0.3 is 10.7 Å². The predicted molar refractivity (Wildman–Crippen MR) is 83.3 cm³/mol. The number of aromatic nitrogens is 3. The normalized spacial score (nSPS) is 12.5. The maximum atomic E-state index is 12.1. The average Bonchev–Trinajstić information content (AvgIpc) is 3.06. The number of H-pyrrole nitrogens is 1. The van der Waals surface area contributed by atoms with Gasteiger partial charge in [0.2, 0.25) is 11.0 Å². The quantitative estimate of drug-likeness (QED) is 0.685. The van der Waals surface area contributed by atoms with E-state index in [0.717, 1.165) is 21.5 Å². The molecule has 3 rings (SSSR count). The summed E-state index contributed by atoms with van der Waals surface area (Å²) in [5, 5.41) is 12.8. The minimum atomic E-state index is -0.631. The second-order valence-electron chi connectivity index (χ2n) is 4.79. The second-order valence-corrected chi connectivity index (χ2v) is 5.97. The topological polar surface area (TPSA) is 96.7 Å². The van der Waals surface area contributed by atoms with E-state index in [1.54, 1.807) is 0 Å². The van der Waals surface area contributed by atoms with Crippen LogP contribution in [0.15, 0.2) is 30.5 Å². The molecular formula is C14H15N5OS. The average molecular weight is 301 g/mol. The van der Waals surface area contributed by atoms with Crippen LogP contribution in [-0.2, 0) is 11.2 Å². The van der Waals surface area contributed by atoms with Gasteiger partial charge in [-0.25, -0.2) is 0 Å². The molecule has 0 aliphatic carbocycles. The number of amides is 1. The fraction of sp³-hybridized carbons (Fsp3) is 0.214. The highest BCUT2D eigenvalue weighted by atomic mass is 32.1. The highest BCUT2D eigenvalue weighted by Gasteiger charge is 2.17. The first-order chi connectivity index (χ1) is 10.1. The van der Waals surface area contributed by atoms with E-state index in [0.29, 0.717) is 11.6 Å². The van der Waals surface area contributed by atoms with Crippen LogP contribution in [-0.4, -0.2) is 27.1 Å². The lowest BCUT2D eigenvalue weighted by Crippen LogP contribution is -2.37. The van der Waals surface area contributed by atoms with Gasteiger partial charge in [0.1, 0.15) is 5.01 Å². The Morgan fingerprint density at radius 3 is 3.00 bits per heavy atom. The van der Waals surface area contributed by atoms with Crippen molar-refractivity contribution in [2.24, 2.45) is 5.73 Å². The van der Waals surface area contributed by atoms with Crippen LogP contribution in [0.5, 0.6) is 0 Å². The van der Waals surface area contributed by atoms with E-state index in [1.165, 1.54) is 11.3 Å². The largest absolute Gasteiger partial charge is 0.361 e. The van der Waals surface area contributed by atoms with Crippen molar-refractivity contribution >= 4 is 33.3 Å². The van der Waals surface area contributed by atoms with Crippen molar-refractivity contribution < 1.29 is 4.79 Å². The van der Waals surface area contributed by atoms with Gasteiger partial charge in [0.15, 0.2) is 0 Å². The summed E-state index contributed by atoms with van der Waals surface area (Å²) in [6, 6.07) is 7.31. The number of nitrogens with one attached hydrogen (secondary N) is 2. The Kier molecular flexibility index (Phi) is 3.68. The number of fused-ring (bicyclic) bond motifs is 1. The first-order valence-electron chi connectivity index (χ1n) is 6.55. The Morgan fingerprint density at radius 2 is 2.24 bits per heavy atom. The molecular weight excluding hydrogens is 286 g/mol. The minimum Gasteiger partial charge on any atom is -0.361 e. The molecule has 3 aromatic rings. The Morgan fingerprint density at radius 1 is 1.43 bits per heavy atom. The molecule has 6 nitrogen and oxygen atoms in total. The highest BCUT2D eigenvalue weighted by Crippen LogP contribution is 2.19. The smallest absolute Gasteiger partial charge is 0.243 e. The van der Waals surface area contributed by atoms with Gasteiger partial charge in [-0.3, -0.25) is 10.1 Å².